The minimum absolute atomic E-state index is 0.146. The van der Waals surface area contributed by atoms with E-state index in [1.807, 2.05) is 66.7 Å². The van der Waals surface area contributed by atoms with Crippen molar-refractivity contribution < 1.29 is 4.79 Å². The Morgan fingerprint density at radius 3 is 2.07 bits per heavy atom. The molecule has 4 heteroatoms. The van der Waals surface area contributed by atoms with Crippen molar-refractivity contribution in [1.29, 1.82) is 0 Å². The molecule has 3 nitrogen and oxygen atoms in total. The molecule has 0 aliphatic carbocycles. The van der Waals surface area contributed by atoms with Gasteiger partial charge in [0.15, 0.2) is 0 Å². The number of nitrogens with one attached hydrogen (secondary N) is 1. The summed E-state index contributed by atoms with van der Waals surface area (Å²) in [5.74, 6) is -0.146. The molecular formula is C25H25ClN2O. The molecule has 0 unspecified atom stereocenters. The van der Waals surface area contributed by atoms with Crippen LogP contribution in [0.15, 0.2) is 78.9 Å². The third-order valence-electron chi connectivity index (χ3n) is 4.58. The summed E-state index contributed by atoms with van der Waals surface area (Å²) in [7, 11) is 4.12. The highest BCUT2D eigenvalue weighted by atomic mass is 35.5. The Balaban J connectivity index is 1.55. The van der Waals surface area contributed by atoms with E-state index in [9.17, 15) is 4.79 Å². The lowest BCUT2D eigenvalue weighted by molar-refractivity contribution is -0.111. The van der Waals surface area contributed by atoms with Crippen molar-refractivity contribution in [3.05, 3.63) is 95.0 Å². The van der Waals surface area contributed by atoms with Gasteiger partial charge < -0.3 is 10.2 Å². The number of hydrogen-bond acceptors (Lipinski definition) is 2. The summed E-state index contributed by atoms with van der Waals surface area (Å²) in [5, 5.41) is 3.62. The molecule has 3 rings (SSSR count). The first-order valence-corrected chi connectivity index (χ1v) is 9.96. The van der Waals surface area contributed by atoms with Crippen LogP contribution < -0.4 is 5.32 Å². The van der Waals surface area contributed by atoms with Crippen molar-refractivity contribution in [3.63, 3.8) is 0 Å². The number of carbonyl (C=O) groups is 1. The van der Waals surface area contributed by atoms with Crippen molar-refractivity contribution >= 4 is 29.3 Å². The maximum Gasteiger partial charge on any atom is 0.248 e. The predicted molar refractivity (Wildman–Crippen MR) is 123 cm³/mol. The number of anilines is 1. The highest BCUT2D eigenvalue weighted by Gasteiger charge is 2.01. The Kier molecular flexibility index (Phi) is 7.23. The number of rotatable bonds is 7. The van der Waals surface area contributed by atoms with Crippen LogP contribution >= 0.6 is 11.6 Å². The molecular weight excluding hydrogens is 380 g/mol. The Labute approximate surface area is 177 Å². The number of carbonyl (C=O) groups excluding carboxylic acids is 1. The van der Waals surface area contributed by atoms with Gasteiger partial charge in [-0.05, 0) is 73.1 Å². The van der Waals surface area contributed by atoms with Gasteiger partial charge >= 0.3 is 0 Å². The van der Waals surface area contributed by atoms with Crippen LogP contribution in [0.25, 0.3) is 17.2 Å². The zero-order valence-electron chi connectivity index (χ0n) is 16.7. The van der Waals surface area contributed by atoms with Crippen LogP contribution in [0.5, 0.6) is 0 Å². The van der Waals surface area contributed by atoms with Crippen LogP contribution in [0.4, 0.5) is 5.69 Å². The Bertz CT molecular complexity index is 959. The zero-order valence-corrected chi connectivity index (χ0v) is 17.5. The molecule has 1 amide bonds. The maximum atomic E-state index is 12.2. The molecule has 0 bridgehead atoms. The molecule has 0 aliphatic heterocycles. The van der Waals surface area contributed by atoms with E-state index in [0.717, 1.165) is 40.4 Å². The van der Waals surface area contributed by atoms with E-state index in [-0.39, 0.29) is 5.91 Å². The second kappa shape index (κ2) is 10.1. The minimum atomic E-state index is -0.146. The molecule has 3 aromatic rings. The number of nitrogens with zero attached hydrogens (tertiary/aromatic N) is 1. The monoisotopic (exact) mass is 404 g/mol. The van der Waals surface area contributed by atoms with Crippen molar-refractivity contribution in [2.24, 2.45) is 0 Å². The molecule has 0 saturated carbocycles. The molecule has 3 aromatic carbocycles. The molecule has 0 atom stereocenters. The fraction of sp³-hybridized carbons (Fsp3) is 0.160. The smallest absolute Gasteiger partial charge is 0.248 e. The van der Waals surface area contributed by atoms with Gasteiger partial charge in [0.2, 0.25) is 5.91 Å². The molecule has 0 radical (unpaired) electrons. The van der Waals surface area contributed by atoms with E-state index >= 15 is 0 Å². The van der Waals surface area contributed by atoms with Crippen molar-refractivity contribution in [3.8, 4) is 11.1 Å². The van der Waals surface area contributed by atoms with E-state index in [2.05, 4.69) is 36.4 Å². The molecule has 0 aromatic heterocycles. The highest BCUT2D eigenvalue weighted by molar-refractivity contribution is 6.30. The van der Waals surface area contributed by atoms with E-state index in [4.69, 9.17) is 11.6 Å². The van der Waals surface area contributed by atoms with Crippen LogP contribution in [-0.2, 0) is 11.2 Å². The molecule has 0 heterocycles. The highest BCUT2D eigenvalue weighted by Crippen LogP contribution is 2.22. The summed E-state index contributed by atoms with van der Waals surface area (Å²) >= 11 is 5.94. The second-order valence-corrected chi connectivity index (χ2v) is 7.64. The van der Waals surface area contributed by atoms with Crippen LogP contribution in [0.1, 0.15) is 11.1 Å². The molecule has 0 spiro atoms. The number of hydrogen-bond donors (Lipinski definition) is 1. The van der Waals surface area contributed by atoms with Gasteiger partial charge in [-0.3, -0.25) is 4.79 Å². The first-order chi connectivity index (χ1) is 14.0. The lowest BCUT2D eigenvalue weighted by Gasteiger charge is -2.09. The average Bonchev–Trinajstić information content (AvgIpc) is 2.73. The summed E-state index contributed by atoms with van der Waals surface area (Å²) in [6, 6.07) is 23.8. The topological polar surface area (TPSA) is 32.3 Å². The fourth-order valence-electron chi connectivity index (χ4n) is 2.89. The van der Waals surface area contributed by atoms with Gasteiger partial charge in [-0.25, -0.2) is 0 Å². The third kappa shape index (κ3) is 6.60. The molecule has 0 fully saturated rings. The summed E-state index contributed by atoms with van der Waals surface area (Å²) in [5.41, 5.74) is 5.24. The SMILES string of the molecule is CN(C)CCc1ccc(NC(=O)C=Cc2ccc(-c3ccc(Cl)cc3)cc2)cc1. The normalized spacial score (nSPS) is 11.2. The van der Waals surface area contributed by atoms with Gasteiger partial charge in [0.1, 0.15) is 0 Å². The van der Waals surface area contributed by atoms with E-state index < -0.39 is 0 Å². The second-order valence-electron chi connectivity index (χ2n) is 7.20. The van der Waals surface area contributed by atoms with Gasteiger partial charge in [-0.1, -0.05) is 60.1 Å². The summed E-state index contributed by atoms with van der Waals surface area (Å²) in [6.07, 6.45) is 4.36. The van der Waals surface area contributed by atoms with Crippen molar-refractivity contribution in [2.45, 2.75) is 6.42 Å². The van der Waals surface area contributed by atoms with Gasteiger partial charge in [-0.2, -0.15) is 0 Å². The third-order valence-corrected chi connectivity index (χ3v) is 4.84. The minimum Gasteiger partial charge on any atom is -0.323 e. The Morgan fingerprint density at radius 2 is 1.48 bits per heavy atom. The quantitative estimate of drug-likeness (QED) is 0.507. The number of likely N-dealkylation sites (N-methyl/N-ethyl adjacent to an activating group) is 1. The Hall–Kier alpha value is -2.88. The van der Waals surface area contributed by atoms with Gasteiger partial charge in [0, 0.05) is 23.3 Å². The summed E-state index contributed by atoms with van der Waals surface area (Å²) in [4.78, 5) is 14.3. The van der Waals surface area contributed by atoms with Crippen molar-refractivity contribution in [2.75, 3.05) is 26.0 Å². The van der Waals surface area contributed by atoms with E-state index in [1.165, 1.54) is 5.56 Å². The zero-order chi connectivity index (χ0) is 20.6. The van der Waals surface area contributed by atoms with Gasteiger partial charge in [0.05, 0.1) is 0 Å². The number of benzene rings is 3. The average molecular weight is 405 g/mol. The molecule has 29 heavy (non-hydrogen) atoms. The van der Waals surface area contributed by atoms with E-state index in [0.29, 0.717) is 0 Å². The van der Waals surface area contributed by atoms with Gasteiger partial charge in [0.25, 0.3) is 0 Å². The molecule has 0 aliphatic rings. The summed E-state index contributed by atoms with van der Waals surface area (Å²) < 4.78 is 0. The first kappa shape index (κ1) is 20.8. The standard InChI is InChI=1S/C25H25ClN2O/c1-28(2)18-17-20-5-14-24(15-6-20)27-25(29)16-7-19-3-8-21(9-4-19)22-10-12-23(26)13-11-22/h3-16H,17-18H2,1-2H3,(H,27,29). The lowest BCUT2D eigenvalue weighted by atomic mass is 10.0. The van der Waals surface area contributed by atoms with Crippen LogP contribution in [0, 0.1) is 0 Å². The van der Waals surface area contributed by atoms with Crippen LogP contribution in [0.3, 0.4) is 0 Å². The van der Waals surface area contributed by atoms with Crippen LogP contribution in [-0.4, -0.2) is 31.4 Å². The van der Waals surface area contributed by atoms with Crippen molar-refractivity contribution in [1.82, 2.24) is 4.90 Å². The fourth-order valence-corrected chi connectivity index (χ4v) is 3.02. The van der Waals surface area contributed by atoms with E-state index in [1.54, 1.807) is 6.08 Å². The molecule has 148 valence electrons. The number of halogens is 1. The predicted octanol–water partition coefficient (Wildman–Crippen LogP) is 5.76. The first-order valence-electron chi connectivity index (χ1n) is 9.58. The summed E-state index contributed by atoms with van der Waals surface area (Å²) in [6.45, 7) is 1.01. The molecule has 0 saturated heterocycles. The largest absolute Gasteiger partial charge is 0.323 e. The number of amides is 1. The Morgan fingerprint density at radius 1 is 0.897 bits per heavy atom. The van der Waals surface area contributed by atoms with Crippen LogP contribution in [0.2, 0.25) is 5.02 Å². The lowest BCUT2D eigenvalue weighted by Crippen LogP contribution is -2.15. The van der Waals surface area contributed by atoms with Gasteiger partial charge in [-0.15, -0.1) is 0 Å². The maximum absolute atomic E-state index is 12.2. The molecule has 1 N–H and O–H groups in total.